The summed E-state index contributed by atoms with van der Waals surface area (Å²) in [6, 6.07) is 3.72. The van der Waals surface area contributed by atoms with E-state index in [2.05, 4.69) is 15.5 Å². The summed E-state index contributed by atoms with van der Waals surface area (Å²) in [5.41, 5.74) is -0.0264. The smallest absolute Gasteiger partial charge is 0.250 e. The predicted molar refractivity (Wildman–Crippen MR) is 66.4 cm³/mol. The number of halogens is 2. The standard InChI is InChI=1S/C13H15F2N3O/c1-3-7-16-8(2)12-17-18-13(19-12)9-5-4-6-10(14)11(9)15/h4-6,8,16H,3,7H2,1-2H3. The van der Waals surface area contributed by atoms with Crippen LogP contribution in [0.1, 0.15) is 32.2 Å². The van der Waals surface area contributed by atoms with Crippen LogP contribution in [-0.2, 0) is 0 Å². The van der Waals surface area contributed by atoms with Crippen LogP contribution in [0.2, 0.25) is 0 Å². The van der Waals surface area contributed by atoms with Gasteiger partial charge >= 0.3 is 0 Å². The van der Waals surface area contributed by atoms with E-state index in [0.717, 1.165) is 19.0 Å². The van der Waals surface area contributed by atoms with E-state index in [1.165, 1.54) is 12.1 Å². The Morgan fingerprint density at radius 3 is 2.84 bits per heavy atom. The quantitative estimate of drug-likeness (QED) is 0.904. The van der Waals surface area contributed by atoms with Crippen LogP contribution in [-0.4, -0.2) is 16.7 Å². The SMILES string of the molecule is CCCNC(C)c1nnc(-c2cccc(F)c2F)o1. The van der Waals surface area contributed by atoms with E-state index >= 15 is 0 Å². The van der Waals surface area contributed by atoms with Gasteiger partial charge in [-0.3, -0.25) is 0 Å². The molecule has 0 amide bonds. The molecule has 0 aliphatic heterocycles. The zero-order valence-electron chi connectivity index (χ0n) is 10.8. The summed E-state index contributed by atoms with van der Waals surface area (Å²) >= 11 is 0. The van der Waals surface area contributed by atoms with Crippen LogP contribution in [0.25, 0.3) is 11.5 Å². The van der Waals surface area contributed by atoms with Crippen molar-refractivity contribution in [3.63, 3.8) is 0 Å². The second-order valence-corrected chi connectivity index (χ2v) is 4.22. The van der Waals surface area contributed by atoms with Crippen LogP contribution in [0, 0.1) is 11.6 Å². The molecule has 0 saturated heterocycles. The normalized spacial score (nSPS) is 12.6. The van der Waals surface area contributed by atoms with Gasteiger partial charge in [0.15, 0.2) is 11.6 Å². The van der Waals surface area contributed by atoms with Crippen molar-refractivity contribution in [3.8, 4) is 11.5 Å². The highest BCUT2D eigenvalue weighted by atomic mass is 19.2. The Bertz CT molecular complexity index is 557. The maximum atomic E-state index is 13.6. The maximum absolute atomic E-state index is 13.6. The summed E-state index contributed by atoms with van der Waals surface area (Å²) < 4.78 is 32.1. The lowest BCUT2D eigenvalue weighted by atomic mass is 10.2. The van der Waals surface area contributed by atoms with Crippen molar-refractivity contribution >= 4 is 0 Å². The highest BCUT2D eigenvalue weighted by Gasteiger charge is 2.18. The summed E-state index contributed by atoms with van der Waals surface area (Å²) in [6.45, 7) is 4.73. The fourth-order valence-electron chi connectivity index (χ4n) is 1.64. The van der Waals surface area contributed by atoms with Gasteiger partial charge in [-0.2, -0.15) is 0 Å². The molecule has 2 aromatic rings. The second kappa shape index (κ2) is 5.88. The number of nitrogens with one attached hydrogen (secondary N) is 1. The third-order valence-electron chi connectivity index (χ3n) is 2.69. The first-order valence-corrected chi connectivity index (χ1v) is 6.14. The first kappa shape index (κ1) is 13.6. The molecule has 0 spiro atoms. The average molecular weight is 267 g/mol. The molecule has 0 bridgehead atoms. The summed E-state index contributed by atoms with van der Waals surface area (Å²) in [5.74, 6) is -1.58. The zero-order valence-corrected chi connectivity index (χ0v) is 10.8. The van der Waals surface area contributed by atoms with Crippen molar-refractivity contribution in [2.24, 2.45) is 0 Å². The first-order valence-electron chi connectivity index (χ1n) is 6.14. The van der Waals surface area contributed by atoms with Crippen LogP contribution >= 0.6 is 0 Å². The second-order valence-electron chi connectivity index (χ2n) is 4.22. The Kier molecular flexibility index (Phi) is 4.21. The Morgan fingerprint density at radius 1 is 1.32 bits per heavy atom. The minimum absolute atomic E-state index is 0.0165. The molecule has 6 heteroatoms. The number of hydrogen-bond donors (Lipinski definition) is 1. The lowest BCUT2D eigenvalue weighted by Crippen LogP contribution is -2.19. The molecule has 0 fully saturated rings. The van der Waals surface area contributed by atoms with E-state index in [1.807, 2.05) is 13.8 Å². The molecular weight excluding hydrogens is 252 g/mol. The number of nitrogens with zero attached hydrogens (tertiary/aromatic N) is 2. The van der Waals surface area contributed by atoms with Crippen molar-refractivity contribution in [1.29, 1.82) is 0 Å². The van der Waals surface area contributed by atoms with Crippen molar-refractivity contribution in [2.45, 2.75) is 26.3 Å². The van der Waals surface area contributed by atoms with Crippen molar-refractivity contribution in [2.75, 3.05) is 6.54 Å². The molecule has 0 saturated carbocycles. The molecule has 19 heavy (non-hydrogen) atoms. The number of benzene rings is 1. The number of aromatic nitrogens is 2. The lowest BCUT2D eigenvalue weighted by molar-refractivity contribution is 0.420. The van der Waals surface area contributed by atoms with E-state index in [0.29, 0.717) is 5.89 Å². The molecule has 102 valence electrons. The van der Waals surface area contributed by atoms with Crippen molar-refractivity contribution < 1.29 is 13.2 Å². The highest BCUT2D eigenvalue weighted by molar-refractivity contribution is 5.53. The molecule has 1 heterocycles. The van der Waals surface area contributed by atoms with Crippen LogP contribution in [0.5, 0.6) is 0 Å². The fourth-order valence-corrected chi connectivity index (χ4v) is 1.64. The predicted octanol–water partition coefficient (Wildman–Crippen LogP) is 3.08. The largest absolute Gasteiger partial charge is 0.419 e. The highest BCUT2D eigenvalue weighted by Crippen LogP contribution is 2.24. The van der Waals surface area contributed by atoms with Crippen molar-refractivity contribution in [3.05, 3.63) is 35.7 Å². The van der Waals surface area contributed by atoms with Gasteiger partial charge < -0.3 is 9.73 Å². The Hall–Kier alpha value is -1.82. The summed E-state index contributed by atoms with van der Waals surface area (Å²) in [7, 11) is 0. The molecule has 1 unspecified atom stereocenters. The summed E-state index contributed by atoms with van der Waals surface area (Å²) in [4.78, 5) is 0. The van der Waals surface area contributed by atoms with Gasteiger partial charge in [0, 0.05) is 0 Å². The van der Waals surface area contributed by atoms with E-state index < -0.39 is 11.6 Å². The monoisotopic (exact) mass is 267 g/mol. The molecule has 0 radical (unpaired) electrons. The van der Waals surface area contributed by atoms with Crippen molar-refractivity contribution in [1.82, 2.24) is 15.5 Å². The van der Waals surface area contributed by atoms with Gasteiger partial charge in [-0.1, -0.05) is 13.0 Å². The molecule has 1 atom stereocenters. The van der Waals surface area contributed by atoms with Crippen LogP contribution in [0.4, 0.5) is 8.78 Å². The van der Waals surface area contributed by atoms with Gasteiger partial charge in [0.05, 0.1) is 11.6 Å². The average Bonchev–Trinajstić information content (AvgIpc) is 2.88. The molecular formula is C13H15F2N3O. The minimum atomic E-state index is -0.980. The molecule has 2 rings (SSSR count). The molecule has 0 aliphatic carbocycles. The molecule has 0 aliphatic rings. The Morgan fingerprint density at radius 2 is 2.11 bits per heavy atom. The van der Waals surface area contributed by atoms with E-state index in [4.69, 9.17) is 4.42 Å². The molecule has 1 N–H and O–H groups in total. The third kappa shape index (κ3) is 2.96. The Balaban J connectivity index is 2.23. The van der Waals surface area contributed by atoms with Crippen LogP contribution in [0.3, 0.4) is 0 Å². The van der Waals surface area contributed by atoms with Gasteiger partial charge in [0.2, 0.25) is 5.89 Å². The van der Waals surface area contributed by atoms with Gasteiger partial charge in [-0.15, -0.1) is 10.2 Å². The molecule has 1 aromatic heterocycles. The topological polar surface area (TPSA) is 51.0 Å². The lowest BCUT2D eigenvalue weighted by Gasteiger charge is -2.07. The minimum Gasteiger partial charge on any atom is -0.419 e. The van der Waals surface area contributed by atoms with Crippen LogP contribution in [0.15, 0.2) is 22.6 Å². The Labute approximate surface area is 109 Å². The van der Waals surface area contributed by atoms with E-state index in [-0.39, 0.29) is 17.5 Å². The zero-order chi connectivity index (χ0) is 13.8. The molecule has 4 nitrogen and oxygen atoms in total. The maximum Gasteiger partial charge on any atom is 0.250 e. The first-order chi connectivity index (χ1) is 9.13. The van der Waals surface area contributed by atoms with Gasteiger partial charge in [-0.25, -0.2) is 8.78 Å². The summed E-state index contributed by atoms with van der Waals surface area (Å²) in [5, 5.41) is 10.8. The molecule has 1 aromatic carbocycles. The number of hydrogen-bond acceptors (Lipinski definition) is 4. The summed E-state index contributed by atoms with van der Waals surface area (Å²) in [6.07, 6.45) is 0.976. The van der Waals surface area contributed by atoms with Gasteiger partial charge in [0.25, 0.3) is 5.89 Å². The van der Waals surface area contributed by atoms with Crippen LogP contribution < -0.4 is 5.32 Å². The van der Waals surface area contributed by atoms with E-state index in [1.54, 1.807) is 0 Å². The van der Waals surface area contributed by atoms with Gasteiger partial charge in [-0.05, 0) is 32.0 Å². The number of rotatable bonds is 5. The van der Waals surface area contributed by atoms with Gasteiger partial charge in [0.1, 0.15) is 0 Å². The third-order valence-corrected chi connectivity index (χ3v) is 2.69. The van der Waals surface area contributed by atoms with E-state index in [9.17, 15) is 8.78 Å². The fraction of sp³-hybridized carbons (Fsp3) is 0.385.